The fraction of sp³-hybridized carbons (Fsp3) is 0.500. The van der Waals surface area contributed by atoms with Crippen molar-refractivity contribution in [1.29, 1.82) is 0 Å². The van der Waals surface area contributed by atoms with Crippen LogP contribution in [0.25, 0.3) is 0 Å². The number of hydrogen-bond acceptors (Lipinski definition) is 2. The fourth-order valence-electron chi connectivity index (χ4n) is 2.63. The molecule has 0 saturated heterocycles. The molecule has 0 spiro atoms. The van der Waals surface area contributed by atoms with Crippen molar-refractivity contribution in [3.05, 3.63) is 35.4 Å². The zero-order valence-electron chi connectivity index (χ0n) is 12.3. The summed E-state index contributed by atoms with van der Waals surface area (Å²) in [6.07, 6.45) is 5.76. The maximum absolute atomic E-state index is 12.1. The normalized spacial score (nSPS) is 15.5. The van der Waals surface area contributed by atoms with Crippen molar-refractivity contribution in [2.45, 2.75) is 44.7 Å². The second-order valence-electron chi connectivity index (χ2n) is 5.64. The van der Waals surface area contributed by atoms with Crippen LogP contribution in [0.5, 0.6) is 0 Å². The van der Waals surface area contributed by atoms with Gasteiger partial charge in [0.15, 0.2) is 0 Å². The van der Waals surface area contributed by atoms with E-state index in [-0.39, 0.29) is 11.6 Å². The molecule has 0 aliphatic heterocycles. The van der Waals surface area contributed by atoms with Crippen LogP contribution in [0.1, 0.15) is 48.0 Å². The number of carbonyl (C=O) groups excluding carboxylic acids is 1. The van der Waals surface area contributed by atoms with E-state index in [9.17, 15) is 9.59 Å². The third kappa shape index (κ3) is 4.48. The number of nitrogens with zero attached hydrogens (tertiary/aromatic N) is 1. The Morgan fingerprint density at radius 1 is 1.19 bits per heavy atom. The van der Waals surface area contributed by atoms with E-state index in [1.165, 1.54) is 19.3 Å². The number of aromatic carboxylic acids is 1. The lowest BCUT2D eigenvalue weighted by molar-refractivity contribution is 0.0697. The molecule has 1 aliphatic carbocycles. The van der Waals surface area contributed by atoms with Gasteiger partial charge >= 0.3 is 12.0 Å². The molecule has 5 nitrogen and oxygen atoms in total. The maximum atomic E-state index is 12.1. The number of hydrogen-bond donors (Lipinski definition) is 2. The van der Waals surface area contributed by atoms with Gasteiger partial charge in [0.1, 0.15) is 0 Å². The smallest absolute Gasteiger partial charge is 0.335 e. The van der Waals surface area contributed by atoms with Crippen LogP contribution in [0, 0.1) is 0 Å². The quantitative estimate of drug-likeness (QED) is 0.895. The molecule has 1 fully saturated rings. The summed E-state index contributed by atoms with van der Waals surface area (Å²) in [7, 11) is 1.75. The first-order chi connectivity index (χ1) is 10.1. The van der Waals surface area contributed by atoms with E-state index < -0.39 is 5.97 Å². The van der Waals surface area contributed by atoms with Crippen molar-refractivity contribution in [3.8, 4) is 0 Å². The molecular formula is C16H22N2O3. The highest BCUT2D eigenvalue weighted by molar-refractivity contribution is 5.87. The van der Waals surface area contributed by atoms with Crippen LogP contribution >= 0.6 is 0 Å². The monoisotopic (exact) mass is 290 g/mol. The summed E-state index contributed by atoms with van der Waals surface area (Å²) in [5, 5.41) is 11.9. The average molecular weight is 290 g/mol. The van der Waals surface area contributed by atoms with Crippen LogP contribution in [0.15, 0.2) is 24.3 Å². The molecule has 2 amide bonds. The van der Waals surface area contributed by atoms with Crippen molar-refractivity contribution < 1.29 is 14.7 Å². The number of nitrogens with one attached hydrogen (secondary N) is 1. The molecule has 0 heterocycles. The molecular weight excluding hydrogens is 268 g/mol. The molecule has 1 aromatic rings. The van der Waals surface area contributed by atoms with Crippen LogP contribution in [0.2, 0.25) is 0 Å². The average Bonchev–Trinajstić information content (AvgIpc) is 2.48. The van der Waals surface area contributed by atoms with Crippen molar-refractivity contribution in [1.82, 2.24) is 10.2 Å². The summed E-state index contributed by atoms with van der Waals surface area (Å²) in [5.41, 5.74) is 1.18. The van der Waals surface area contributed by atoms with E-state index >= 15 is 0 Å². The molecule has 1 aliphatic rings. The Kier molecular flexibility index (Phi) is 5.20. The van der Waals surface area contributed by atoms with Crippen LogP contribution in [-0.2, 0) is 6.54 Å². The largest absolute Gasteiger partial charge is 0.478 e. The SMILES string of the molecule is CN(Cc1ccc(C(=O)O)cc1)C(=O)NC1CCCCC1. The third-order valence-corrected chi connectivity index (χ3v) is 3.90. The number of carbonyl (C=O) groups is 2. The summed E-state index contributed by atoms with van der Waals surface area (Å²) in [5.74, 6) is -0.940. The summed E-state index contributed by atoms with van der Waals surface area (Å²) in [4.78, 5) is 24.5. The van der Waals surface area contributed by atoms with Gasteiger partial charge in [0.2, 0.25) is 0 Å². The van der Waals surface area contributed by atoms with Crippen LogP contribution < -0.4 is 5.32 Å². The third-order valence-electron chi connectivity index (χ3n) is 3.90. The number of benzene rings is 1. The molecule has 114 valence electrons. The molecule has 5 heteroatoms. The van der Waals surface area contributed by atoms with E-state index in [0.29, 0.717) is 12.6 Å². The minimum absolute atomic E-state index is 0.0655. The van der Waals surface area contributed by atoms with Crippen LogP contribution in [0.4, 0.5) is 4.79 Å². The van der Waals surface area contributed by atoms with Gasteiger partial charge < -0.3 is 15.3 Å². The molecule has 1 saturated carbocycles. The van der Waals surface area contributed by atoms with Crippen molar-refractivity contribution in [2.75, 3.05) is 7.05 Å². The second-order valence-corrected chi connectivity index (χ2v) is 5.64. The number of rotatable bonds is 4. The number of urea groups is 1. The van der Waals surface area contributed by atoms with Gasteiger partial charge in [-0.3, -0.25) is 0 Å². The number of carboxylic acids is 1. The van der Waals surface area contributed by atoms with Gasteiger partial charge in [0, 0.05) is 19.6 Å². The topological polar surface area (TPSA) is 69.6 Å². The van der Waals surface area contributed by atoms with Crippen molar-refractivity contribution >= 4 is 12.0 Å². The molecule has 0 radical (unpaired) electrons. The summed E-state index contributed by atoms with van der Waals surface area (Å²) >= 11 is 0. The molecule has 0 atom stereocenters. The first kappa shape index (κ1) is 15.4. The lowest BCUT2D eigenvalue weighted by Crippen LogP contribution is -2.43. The first-order valence-corrected chi connectivity index (χ1v) is 7.40. The highest BCUT2D eigenvalue weighted by Gasteiger charge is 2.17. The Morgan fingerprint density at radius 2 is 1.81 bits per heavy atom. The Bertz CT molecular complexity index is 493. The fourth-order valence-corrected chi connectivity index (χ4v) is 2.63. The van der Waals surface area contributed by atoms with Gasteiger partial charge in [-0.25, -0.2) is 9.59 Å². The number of carboxylic acid groups (broad SMARTS) is 1. The van der Waals surface area contributed by atoms with E-state index in [2.05, 4.69) is 5.32 Å². The van der Waals surface area contributed by atoms with Crippen LogP contribution in [0.3, 0.4) is 0 Å². The molecule has 0 bridgehead atoms. The Morgan fingerprint density at radius 3 is 2.38 bits per heavy atom. The minimum Gasteiger partial charge on any atom is -0.478 e. The van der Waals surface area contributed by atoms with Gasteiger partial charge in [-0.1, -0.05) is 31.4 Å². The molecule has 1 aromatic carbocycles. The van der Waals surface area contributed by atoms with Gasteiger partial charge in [-0.05, 0) is 30.5 Å². The van der Waals surface area contributed by atoms with Gasteiger partial charge in [-0.15, -0.1) is 0 Å². The van der Waals surface area contributed by atoms with Crippen molar-refractivity contribution in [2.24, 2.45) is 0 Å². The highest BCUT2D eigenvalue weighted by atomic mass is 16.4. The molecule has 0 aromatic heterocycles. The van der Waals surface area contributed by atoms with Crippen molar-refractivity contribution in [3.63, 3.8) is 0 Å². The summed E-state index contributed by atoms with van der Waals surface area (Å²) in [6, 6.07) is 6.84. The lowest BCUT2D eigenvalue weighted by Gasteiger charge is -2.26. The van der Waals surface area contributed by atoms with Crippen LogP contribution in [-0.4, -0.2) is 35.1 Å². The predicted octanol–water partition coefficient (Wildman–Crippen LogP) is 2.86. The maximum Gasteiger partial charge on any atom is 0.335 e. The van der Waals surface area contributed by atoms with E-state index in [1.807, 2.05) is 0 Å². The molecule has 2 rings (SSSR count). The minimum atomic E-state index is -0.940. The van der Waals surface area contributed by atoms with E-state index in [4.69, 9.17) is 5.11 Å². The summed E-state index contributed by atoms with van der Waals surface area (Å²) in [6.45, 7) is 0.471. The zero-order chi connectivity index (χ0) is 15.2. The Labute approximate surface area is 125 Å². The second kappa shape index (κ2) is 7.11. The first-order valence-electron chi connectivity index (χ1n) is 7.40. The van der Waals surface area contributed by atoms with Gasteiger partial charge in [0.05, 0.1) is 5.56 Å². The highest BCUT2D eigenvalue weighted by Crippen LogP contribution is 2.17. The standard InChI is InChI=1S/C16H22N2O3/c1-18(16(21)17-14-5-3-2-4-6-14)11-12-7-9-13(10-8-12)15(19)20/h7-10,14H,2-6,11H2,1H3,(H,17,21)(H,19,20). The van der Waals surface area contributed by atoms with E-state index in [0.717, 1.165) is 18.4 Å². The predicted molar refractivity (Wildman–Crippen MR) is 80.3 cm³/mol. The van der Waals surface area contributed by atoms with Gasteiger partial charge in [-0.2, -0.15) is 0 Å². The Balaban J connectivity index is 1.86. The van der Waals surface area contributed by atoms with Gasteiger partial charge in [0.25, 0.3) is 0 Å². The molecule has 0 unspecified atom stereocenters. The van der Waals surface area contributed by atoms with E-state index in [1.54, 1.807) is 36.2 Å². The zero-order valence-corrected chi connectivity index (χ0v) is 12.3. The lowest BCUT2D eigenvalue weighted by atomic mass is 9.96. The molecule has 21 heavy (non-hydrogen) atoms. The number of amides is 2. The summed E-state index contributed by atoms with van der Waals surface area (Å²) < 4.78 is 0. The molecule has 2 N–H and O–H groups in total. The Hall–Kier alpha value is -2.04.